The third kappa shape index (κ3) is 2.81. The largest absolute Gasteiger partial charge is 0.207 e. The Morgan fingerprint density at radius 2 is 0.800 bits per heavy atom. The van der Waals surface area contributed by atoms with Crippen molar-refractivity contribution in [3.8, 4) is 22.3 Å². The summed E-state index contributed by atoms with van der Waals surface area (Å²) in [5, 5.41) is 0. The van der Waals surface area contributed by atoms with Gasteiger partial charge in [-0.2, -0.15) is 0 Å². The second-order valence-electron chi connectivity index (χ2n) is 4.59. The van der Waals surface area contributed by atoms with E-state index in [9.17, 15) is 4.39 Å². The summed E-state index contributed by atoms with van der Waals surface area (Å²) in [6.07, 6.45) is 0. The maximum atomic E-state index is 12.9. The lowest BCUT2D eigenvalue weighted by atomic mass is 10.0. The molecular weight excluding hydrogens is 315 g/mol. The van der Waals surface area contributed by atoms with Crippen LogP contribution in [-0.4, -0.2) is 0 Å². The van der Waals surface area contributed by atoms with E-state index in [2.05, 4.69) is 52.3 Å². The van der Waals surface area contributed by atoms with Gasteiger partial charge >= 0.3 is 0 Å². The molecule has 98 valence electrons. The van der Waals surface area contributed by atoms with Gasteiger partial charge < -0.3 is 0 Å². The topological polar surface area (TPSA) is 0 Å². The van der Waals surface area contributed by atoms with Gasteiger partial charge in [-0.3, -0.25) is 0 Å². The lowest BCUT2D eigenvalue weighted by Crippen LogP contribution is -1.81. The number of rotatable bonds is 2. The maximum Gasteiger partial charge on any atom is 0.123 e. The summed E-state index contributed by atoms with van der Waals surface area (Å²) in [4.78, 5) is 0. The normalized spacial score (nSPS) is 10.5. The summed E-state index contributed by atoms with van der Waals surface area (Å²) >= 11 is 3.44. The lowest BCUT2D eigenvalue weighted by Gasteiger charge is -2.05. The monoisotopic (exact) mass is 326 g/mol. The average Bonchev–Trinajstić information content (AvgIpc) is 2.49. The molecule has 3 aromatic carbocycles. The molecule has 2 heteroatoms. The molecule has 0 fully saturated rings. The van der Waals surface area contributed by atoms with E-state index in [-0.39, 0.29) is 5.82 Å². The molecule has 20 heavy (non-hydrogen) atoms. The number of halogens is 2. The Morgan fingerprint density at radius 1 is 0.500 bits per heavy atom. The Labute approximate surface area is 126 Å². The molecule has 0 heterocycles. The summed E-state index contributed by atoms with van der Waals surface area (Å²) in [5.41, 5.74) is 4.46. The average molecular weight is 327 g/mol. The molecule has 0 amide bonds. The first kappa shape index (κ1) is 13.1. The van der Waals surface area contributed by atoms with E-state index >= 15 is 0 Å². The van der Waals surface area contributed by atoms with Crippen LogP contribution < -0.4 is 0 Å². The summed E-state index contributed by atoms with van der Waals surface area (Å²) in [6.45, 7) is 0. The van der Waals surface area contributed by atoms with Crippen LogP contribution in [0.3, 0.4) is 0 Å². The van der Waals surface area contributed by atoms with Crippen LogP contribution in [0.5, 0.6) is 0 Å². The Morgan fingerprint density at radius 3 is 1.20 bits per heavy atom. The molecule has 0 saturated heterocycles. The standard InChI is InChI=1S/C18H12BrF/c19-17-9-5-15(6-10-17)13-1-3-14(4-2-13)16-7-11-18(20)12-8-16/h1-12H. The van der Waals surface area contributed by atoms with Crippen LogP contribution in [0.15, 0.2) is 77.3 Å². The summed E-state index contributed by atoms with van der Waals surface area (Å²) in [7, 11) is 0. The van der Waals surface area contributed by atoms with Gasteiger partial charge in [0.25, 0.3) is 0 Å². The van der Waals surface area contributed by atoms with Crippen LogP contribution in [0.2, 0.25) is 0 Å². The highest BCUT2D eigenvalue weighted by molar-refractivity contribution is 9.10. The van der Waals surface area contributed by atoms with Gasteiger partial charge in [-0.15, -0.1) is 0 Å². The first-order chi connectivity index (χ1) is 9.72. The van der Waals surface area contributed by atoms with E-state index in [1.807, 2.05) is 12.1 Å². The van der Waals surface area contributed by atoms with Crippen LogP contribution in [0.4, 0.5) is 4.39 Å². The second kappa shape index (κ2) is 5.59. The van der Waals surface area contributed by atoms with Crippen LogP contribution >= 0.6 is 15.9 Å². The molecule has 0 spiro atoms. The SMILES string of the molecule is Fc1ccc(-c2ccc(-c3ccc(Br)cc3)cc2)cc1. The van der Waals surface area contributed by atoms with Crippen LogP contribution in [-0.2, 0) is 0 Å². The minimum absolute atomic E-state index is 0.208. The van der Waals surface area contributed by atoms with Crippen molar-refractivity contribution in [3.05, 3.63) is 83.1 Å². The molecule has 0 N–H and O–H groups in total. The van der Waals surface area contributed by atoms with E-state index < -0.39 is 0 Å². The highest BCUT2D eigenvalue weighted by Gasteiger charge is 2.00. The predicted octanol–water partition coefficient (Wildman–Crippen LogP) is 5.92. The lowest BCUT2D eigenvalue weighted by molar-refractivity contribution is 0.628. The Hall–Kier alpha value is -1.93. The molecule has 0 aliphatic rings. The van der Waals surface area contributed by atoms with Crippen molar-refractivity contribution >= 4 is 15.9 Å². The molecule has 0 aromatic heterocycles. The molecular formula is C18H12BrF. The number of hydrogen-bond donors (Lipinski definition) is 0. The zero-order valence-corrected chi connectivity index (χ0v) is 12.3. The van der Waals surface area contributed by atoms with Gasteiger partial charge in [0, 0.05) is 4.47 Å². The molecule has 3 aromatic rings. The van der Waals surface area contributed by atoms with Gasteiger partial charge in [-0.1, -0.05) is 64.5 Å². The van der Waals surface area contributed by atoms with Gasteiger partial charge in [0.05, 0.1) is 0 Å². The molecule has 0 saturated carbocycles. The Kier molecular flexibility index (Phi) is 3.66. The Bertz CT molecular complexity index is 633. The highest BCUT2D eigenvalue weighted by atomic mass is 79.9. The van der Waals surface area contributed by atoms with Gasteiger partial charge in [0.2, 0.25) is 0 Å². The third-order valence-corrected chi connectivity index (χ3v) is 3.77. The minimum Gasteiger partial charge on any atom is -0.207 e. The van der Waals surface area contributed by atoms with E-state index in [1.54, 1.807) is 12.1 Å². The first-order valence-electron chi connectivity index (χ1n) is 6.34. The fourth-order valence-electron chi connectivity index (χ4n) is 2.14. The van der Waals surface area contributed by atoms with Crippen LogP contribution in [0.25, 0.3) is 22.3 Å². The van der Waals surface area contributed by atoms with Crippen molar-refractivity contribution in [2.45, 2.75) is 0 Å². The zero-order valence-electron chi connectivity index (χ0n) is 10.7. The molecule has 0 aliphatic carbocycles. The van der Waals surface area contributed by atoms with Crippen molar-refractivity contribution in [1.29, 1.82) is 0 Å². The summed E-state index contributed by atoms with van der Waals surface area (Å²) in [6, 6.07) is 23.1. The smallest absolute Gasteiger partial charge is 0.123 e. The minimum atomic E-state index is -0.208. The molecule has 0 bridgehead atoms. The first-order valence-corrected chi connectivity index (χ1v) is 7.14. The van der Waals surface area contributed by atoms with E-state index in [1.165, 1.54) is 23.3 Å². The fraction of sp³-hybridized carbons (Fsp3) is 0. The van der Waals surface area contributed by atoms with Crippen molar-refractivity contribution < 1.29 is 4.39 Å². The maximum absolute atomic E-state index is 12.9. The second-order valence-corrected chi connectivity index (χ2v) is 5.51. The van der Waals surface area contributed by atoms with Gasteiger partial charge in [0.15, 0.2) is 0 Å². The quantitative estimate of drug-likeness (QED) is 0.548. The molecule has 0 radical (unpaired) electrons. The van der Waals surface area contributed by atoms with Gasteiger partial charge in [-0.05, 0) is 46.5 Å². The van der Waals surface area contributed by atoms with E-state index in [4.69, 9.17) is 0 Å². The van der Waals surface area contributed by atoms with Crippen molar-refractivity contribution in [3.63, 3.8) is 0 Å². The molecule has 0 atom stereocenters. The van der Waals surface area contributed by atoms with Crippen molar-refractivity contribution in [1.82, 2.24) is 0 Å². The molecule has 0 nitrogen and oxygen atoms in total. The summed E-state index contributed by atoms with van der Waals surface area (Å²) in [5.74, 6) is -0.208. The van der Waals surface area contributed by atoms with Crippen molar-refractivity contribution in [2.75, 3.05) is 0 Å². The molecule has 0 unspecified atom stereocenters. The van der Waals surface area contributed by atoms with E-state index in [0.29, 0.717) is 0 Å². The highest BCUT2D eigenvalue weighted by Crippen LogP contribution is 2.26. The van der Waals surface area contributed by atoms with Gasteiger partial charge in [0.1, 0.15) is 5.82 Å². The predicted molar refractivity (Wildman–Crippen MR) is 85.0 cm³/mol. The molecule has 0 aliphatic heterocycles. The number of benzene rings is 3. The van der Waals surface area contributed by atoms with Crippen LogP contribution in [0, 0.1) is 5.82 Å². The summed E-state index contributed by atoms with van der Waals surface area (Å²) < 4.78 is 14.0. The number of hydrogen-bond acceptors (Lipinski definition) is 0. The van der Waals surface area contributed by atoms with Crippen LogP contribution in [0.1, 0.15) is 0 Å². The fourth-order valence-corrected chi connectivity index (χ4v) is 2.40. The van der Waals surface area contributed by atoms with E-state index in [0.717, 1.165) is 15.6 Å². The van der Waals surface area contributed by atoms with Gasteiger partial charge in [-0.25, -0.2) is 4.39 Å². The molecule has 3 rings (SSSR count). The third-order valence-electron chi connectivity index (χ3n) is 3.24. The van der Waals surface area contributed by atoms with Crippen molar-refractivity contribution in [2.24, 2.45) is 0 Å². The zero-order chi connectivity index (χ0) is 13.9. The Balaban J connectivity index is 1.91.